The summed E-state index contributed by atoms with van der Waals surface area (Å²) in [6.07, 6.45) is 1.16. The van der Waals surface area contributed by atoms with E-state index in [0.717, 1.165) is 10.5 Å². The van der Waals surface area contributed by atoms with Crippen molar-refractivity contribution in [1.82, 2.24) is 9.80 Å². The van der Waals surface area contributed by atoms with Gasteiger partial charge in [-0.3, -0.25) is 9.59 Å². The van der Waals surface area contributed by atoms with Crippen LogP contribution in [0.2, 0.25) is 0 Å². The lowest BCUT2D eigenvalue weighted by molar-refractivity contribution is -0.131. The second-order valence-corrected chi connectivity index (χ2v) is 7.53. The van der Waals surface area contributed by atoms with E-state index in [1.165, 1.54) is 4.90 Å². The number of amides is 2. The number of methoxy groups -OCH3 is 1. The van der Waals surface area contributed by atoms with Gasteiger partial charge in [0, 0.05) is 35.7 Å². The van der Waals surface area contributed by atoms with E-state index in [1.54, 1.807) is 35.9 Å². The van der Waals surface area contributed by atoms with Crippen LogP contribution in [0, 0.1) is 0 Å². The summed E-state index contributed by atoms with van der Waals surface area (Å²) < 4.78 is 5.35. The minimum atomic E-state index is -0.810. The molecule has 7 heteroatoms. The number of benzene rings is 2. The number of thioether (sulfide) groups is 1. The highest BCUT2D eigenvalue weighted by atomic mass is 32.2. The van der Waals surface area contributed by atoms with Crippen LogP contribution in [0.4, 0.5) is 0 Å². The molecule has 1 atom stereocenters. The van der Waals surface area contributed by atoms with Gasteiger partial charge in [-0.2, -0.15) is 0 Å². The zero-order valence-electron chi connectivity index (χ0n) is 16.0. The summed E-state index contributed by atoms with van der Waals surface area (Å²) in [6.45, 7) is 0.559. The minimum Gasteiger partial charge on any atom is -0.496 e. The first-order chi connectivity index (χ1) is 13.5. The molecule has 3 rings (SSSR count). The summed E-state index contributed by atoms with van der Waals surface area (Å²) in [5.41, 5.74) is 1.37. The van der Waals surface area contributed by atoms with E-state index in [2.05, 4.69) is 0 Å². The van der Waals surface area contributed by atoms with Gasteiger partial charge in [0.2, 0.25) is 5.91 Å². The Morgan fingerprint density at radius 1 is 1.18 bits per heavy atom. The Morgan fingerprint density at radius 3 is 2.57 bits per heavy atom. The predicted octanol–water partition coefficient (Wildman–Crippen LogP) is 2.26. The van der Waals surface area contributed by atoms with Crippen molar-refractivity contribution in [2.45, 2.75) is 17.5 Å². The molecule has 0 aromatic heterocycles. The zero-order valence-corrected chi connectivity index (χ0v) is 16.8. The smallest absolute Gasteiger partial charge is 0.254 e. The predicted molar refractivity (Wildman–Crippen MR) is 109 cm³/mol. The lowest BCUT2D eigenvalue weighted by Crippen LogP contribution is -2.39. The first kappa shape index (κ1) is 20.2. The van der Waals surface area contributed by atoms with Gasteiger partial charge in [-0.25, -0.2) is 0 Å². The summed E-state index contributed by atoms with van der Waals surface area (Å²) in [4.78, 5) is 29.7. The van der Waals surface area contributed by atoms with Crippen LogP contribution in [-0.2, 0) is 11.3 Å². The van der Waals surface area contributed by atoms with Crippen molar-refractivity contribution < 1.29 is 19.4 Å². The number of β-amino-alcohol motifs (C(OH)–C–C–N with tert-alkyl or cyclic N) is 1. The maximum absolute atomic E-state index is 12.8. The van der Waals surface area contributed by atoms with E-state index in [1.807, 2.05) is 42.7 Å². The Morgan fingerprint density at radius 2 is 1.89 bits per heavy atom. The molecule has 0 spiro atoms. The highest BCUT2D eigenvalue weighted by Crippen LogP contribution is 2.21. The van der Waals surface area contributed by atoms with Gasteiger partial charge in [-0.05, 0) is 36.6 Å². The molecule has 148 valence electrons. The molecule has 1 N–H and O–H groups in total. The molecule has 1 heterocycles. The Hall–Kier alpha value is -2.51. The number of carbonyl (C=O) groups is 2. The van der Waals surface area contributed by atoms with E-state index in [-0.39, 0.29) is 31.4 Å². The number of aliphatic hydroxyl groups is 1. The first-order valence-corrected chi connectivity index (χ1v) is 10.3. The van der Waals surface area contributed by atoms with E-state index in [0.29, 0.717) is 17.9 Å². The number of para-hydroxylation sites is 1. The number of rotatable bonds is 5. The van der Waals surface area contributed by atoms with Gasteiger partial charge >= 0.3 is 0 Å². The monoisotopic (exact) mass is 400 g/mol. The van der Waals surface area contributed by atoms with Crippen LogP contribution >= 0.6 is 11.8 Å². The first-order valence-electron chi connectivity index (χ1n) is 9.03. The molecule has 2 amide bonds. The topological polar surface area (TPSA) is 70.1 Å². The summed E-state index contributed by atoms with van der Waals surface area (Å²) >= 11 is 1.60. The lowest BCUT2D eigenvalue weighted by atomic mass is 10.2. The second-order valence-electron chi connectivity index (χ2n) is 6.65. The molecule has 0 saturated carbocycles. The lowest BCUT2D eigenvalue weighted by Gasteiger charge is -2.23. The van der Waals surface area contributed by atoms with Gasteiger partial charge in [0.1, 0.15) is 12.3 Å². The molecular weight excluding hydrogens is 376 g/mol. The Labute approximate surface area is 169 Å². The molecule has 2 aromatic carbocycles. The van der Waals surface area contributed by atoms with E-state index in [4.69, 9.17) is 4.74 Å². The molecule has 0 radical (unpaired) electrons. The number of hydrogen-bond donors (Lipinski definition) is 1. The second kappa shape index (κ2) is 9.12. The minimum absolute atomic E-state index is 0.0602. The summed E-state index contributed by atoms with van der Waals surface area (Å²) in [6, 6.07) is 14.7. The summed E-state index contributed by atoms with van der Waals surface area (Å²) in [7, 11) is 1.58. The van der Waals surface area contributed by atoms with Crippen molar-refractivity contribution in [2.24, 2.45) is 0 Å². The molecule has 1 unspecified atom stereocenters. The van der Waals surface area contributed by atoms with Crippen LogP contribution in [0.1, 0.15) is 15.9 Å². The molecule has 0 bridgehead atoms. The average molecular weight is 401 g/mol. The summed E-state index contributed by atoms with van der Waals surface area (Å²) in [5.74, 6) is 0.242. The molecule has 1 saturated heterocycles. The molecule has 6 nitrogen and oxygen atoms in total. The molecule has 1 aliphatic heterocycles. The van der Waals surface area contributed by atoms with E-state index < -0.39 is 6.10 Å². The number of carbonyl (C=O) groups excluding carboxylic acids is 2. The van der Waals surface area contributed by atoms with Crippen LogP contribution in [0.3, 0.4) is 0 Å². The average Bonchev–Trinajstić information content (AvgIpc) is 2.86. The van der Waals surface area contributed by atoms with Crippen LogP contribution in [0.5, 0.6) is 5.75 Å². The summed E-state index contributed by atoms with van der Waals surface area (Å²) in [5, 5.41) is 10.4. The third-order valence-corrected chi connectivity index (χ3v) is 5.46. The SMILES string of the molecule is COc1ccccc1CN1CC(O)CN(C(=O)c2ccc(SC)cc2)CC1=O. The molecule has 1 aliphatic rings. The van der Waals surface area contributed by atoms with Crippen LogP contribution in [0.25, 0.3) is 0 Å². The van der Waals surface area contributed by atoms with Crippen molar-refractivity contribution in [3.63, 3.8) is 0 Å². The van der Waals surface area contributed by atoms with E-state index >= 15 is 0 Å². The third kappa shape index (κ3) is 4.66. The Balaban J connectivity index is 1.74. The highest BCUT2D eigenvalue weighted by Gasteiger charge is 2.30. The normalized spacial score (nSPS) is 17.4. The van der Waals surface area contributed by atoms with Crippen LogP contribution in [0.15, 0.2) is 53.4 Å². The van der Waals surface area contributed by atoms with Crippen molar-refractivity contribution in [3.05, 3.63) is 59.7 Å². The zero-order chi connectivity index (χ0) is 20.1. The van der Waals surface area contributed by atoms with Crippen molar-refractivity contribution in [1.29, 1.82) is 0 Å². The fraction of sp³-hybridized carbons (Fsp3) is 0.333. The Kier molecular flexibility index (Phi) is 6.59. The van der Waals surface area contributed by atoms with Crippen molar-refractivity contribution >= 4 is 23.6 Å². The number of hydrogen-bond acceptors (Lipinski definition) is 5. The quantitative estimate of drug-likeness (QED) is 0.780. The number of nitrogens with zero attached hydrogens (tertiary/aromatic N) is 2. The van der Waals surface area contributed by atoms with Crippen LogP contribution in [-0.4, -0.2) is 65.8 Å². The van der Waals surface area contributed by atoms with Gasteiger partial charge in [0.05, 0.1) is 13.2 Å². The van der Waals surface area contributed by atoms with Crippen molar-refractivity contribution in [3.8, 4) is 5.75 Å². The highest BCUT2D eigenvalue weighted by molar-refractivity contribution is 7.98. The fourth-order valence-electron chi connectivity index (χ4n) is 3.26. The maximum atomic E-state index is 12.8. The van der Waals surface area contributed by atoms with E-state index in [9.17, 15) is 14.7 Å². The molecule has 28 heavy (non-hydrogen) atoms. The van der Waals surface area contributed by atoms with Gasteiger partial charge in [0.25, 0.3) is 5.91 Å². The molecule has 1 fully saturated rings. The maximum Gasteiger partial charge on any atom is 0.254 e. The van der Waals surface area contributed by atoms with Gasteiger partial charge in [-0.1, -0.05) is 18.2 Å². The number of aliphatic hydroxyl groups excluding tert-OH is 1. The Bertz CT molecular complexity index is 841. The standard InChI is InChI=1S/C21H24N2O4S/c1-27-19-6-4-3-5-16(19)11-22-12-17(24)13-23(14-20(22)25)21(26)15-7-9-18(28-2)10-8-15/h3-10,17,24H,11-14H2,1-2H3. The van der Waals surface area contributed by atoms with Gasteiger partial charge in [0.15, 0.2) is 0 Å². The third-order valence-electron chi connectivity index (χ3n) is 4.72. The van der Waals surface area contributed by atoms with Gasteiger partial charge in [-0.15, -0.1) is 11.8 Å². The van der Waals surface area contributed by atoms with Crippen LogP contribution < -0.4 is 4.74 Å². The van der Waals surface area contributed by atoms with Gasteiger partial charge < -0.3 is 19.6 Å². The fourth-order valence-corrected chi connectivity index (χ4v) is 3.67. The molecule has 0 aliphatic carbocycles. The largest absolute Gasteiger partial charge is 0.496 e. The molecule has 2 aromatic rings. The number of ether oxygens (including phenoxy) is 1. The van der Waals surface area contributed by atoms with Crippen molar-refractivity contribution in [2.75, 3.05) is 33.0 Å². The molecular formula is C21H24N2O4S.